The van der Waals surface area contributed by atoms with E-state index in [0.29, 0.717) is 16.9 Å². The molecule has 4 aromatic rings. The third-order valence-corrected chi connectivity index (χ3v) is 6.91. The van der Waals surface area contributed by atoms with Crippen LogP contribution in [0.2, 0.25) is 0 Å². The van der Waals surface area contributed by atoms with Gasteiger partial charge in [-0.25, -0.2) is 8.78 Å². The number of fused-ring (bicyclic) bond motifs is 1. The zero-order chi connectivity index (χ0) is 28.3. The Morgan fingerprint density at radius 2 is 1.55 bits per heavy atom. The minimum absolute atomic E-state index is 0.149. The van der Waals surface area contributed by atoms with Crippen LogP contribution in [0.15, 0.2) is 103 Å². The van der Waals surface area contributed by atoms with Crippen LogP contribution in [0.5, 0.6) is 0 Å². The summed E-state index contributed by atoms with van der Waals surface area (Å²) < 4.78 is 29.8. The second-order valence-electron chi connectivity index (χ2n) is 9.56. The lowest BCUT2D eigenvalue weighted by Gasteiger charge is -2.23. The van der Waals surface area contributed by atoms with Crippen LogP contribution >= 0.6 is 0 Å². The molecule has 0 atom stereocenters. The fraction of sp³-hybridized carbons (Fsp3) is 0.121. The zero-order valence-electron chi connectivity index (χ0n) is 21.7. The Hall–Kier alpha value is -5.09. The van der Waals surface area contributed by atoms with Gasteiger partial charge in [-0.1, -0.05) is 66.2 Å². The minimum atomic E-state index is -3.26. The van der Waals surface area contributed by atoms with Crippen molar-refractivity contribution in [1.29, 1.82) is 5.26 Å². The summed E-state index contributed by atoms with van der Waals surface area (Å²) in [6.07, 6.45) is 0.233. The van der Waals surface area contributed by atoms with Gasteiger partial charge < -0.3 is 10.2 Å². The van der Waals surface area contributed by atoms with E-state index >= 15 is 0 Å². The van der Waals surface area contributed by atoms with Crippen LogP contribution in [0.3, 0.4) is 0 Å². The van der Waals surface area contributed by atoms with Crippen molar-refractivity contribution in [3.05, 3.63) is 125 Å². The highest BCUT2D eigenvalue weighted by atomic mass is 19.3. The van der Waals surface area contributed by atoms with Gasteiger partial charge in [0.05, 0.1) is 11.8 Å². The van der Waals surface area contributed by atoms with Crippen molar-refractivity contribution in [2.45, 2.75) is 19.3 Å². The summed E-state index contributed by atoms with van der Waals surface area (Å²) in [7, 11) is 0. The molecule has 0 radical (unpaired) electrons. The van der Waals surface area contributed by atoms with Gasteiger partial charge in [0.2, 0.25) is 0 Å². The molecule has 1 N–H and O–H groups in total. The van der Waals surface area contributed by atoms with Gasteiger partial charge in [0.25, 0.3) is 17.7 Å². The van der Waals surface area contributed by atoms with Crippen LogP contribution in [0, 0.1) is 18.3 Å². The number of aryl methyl sites for hydroxylation is 1. The summed E-state index contributed by atoms with van der Waals surface area (Å²) in [5.74, 6) is -4.01. The monoisotopic (exact) mass is 533 g/mol. The summed E-state index contributed by atoms with van der Waals surface area (Å²) in [6, 6.07) is 29.6. The van der Waals surface area contributed by atoms with Crippen LogP contribution in [0.4, 0.5) is 20.2 Å². The van der Waals surface area contributed by atoms with E-state index in [1.165, 1.54) is 11.0 Å². The first kappa shape index (κ1) is 26.5. The van der Waals surface area contributed by atoms with E-state index < -0.39 is 23.8 Å². The Balaban J connectivity index is 1.38. The largest absolute Gasteiger partial charge is 0.322 e. The van der Waals surface area contributed by atoms with E-state index in [1.54, 1.807) is 60.7 Å². The highest BCUT2D eigenvalue weighted by Crippen LogP contribution is 2.43. The average molecular weight is 534 g/mol. The number of nitrogens with one attached hydrogen (secondary N) is 1. The smallest absolute Gasteiger partial charge is 0.276 e. The first-order valence-corrected chi connectivity index (χ1v) is 12.8. The quantitative estimate of drug-likeness (QED) is 0.276. The zero-order valence-corrected chi connectivity index (χ0v) is 21.7. The molecular weight excluding hydrogens is 508 g/mol. The first-order chi connectivity index (χ1) is 19.3. The fourth-order valence-corrected chi connectivity index (χ4v) is 4.82. The molecule has 5 nitrogen and oxygen atoms in total. The summed E-state index contributed by atoms with van der Waals surface area (Å²) in [5.41, 5.74) is 4.19. The molecule has 0 saturated heterocycles. The molecule has 5 rings (SSSR count). The van der Waals surface area contributed by atoms with Gasteiger partial charge in [-0.3, -0.25) is 9.59 Å². The van der Waals surface area contributed by atoms with E-state index in [-0.39, 0.29) is 23.6 Å². The predicted molar refractivity (Wildman–Crippen MR) is 152 cm³/mol. The normalized spacial score (nSPS) is 15.1. The van der Waals surface area contributed by atoms with E-state index in [1.807, 2.05) is 43.3 Å². The van der Waals surface area contributed by atoms with Crippen molar-refractivity contribution >= 4 is 28.8 Å². The van der Waals surface area contributed by atoms with Gasteiger partial charge in [-0.05, 0) is 54.4 Å². The van der Waals surface area contributed by atoms with Crippen molar-refractivity contribution in [1.82, 2.24) is 0 Å². The summed E-state index contributed by atoms with van der Waals surface area (Å²) in [5, 5.41) is 12.0. The molecule has 0 bridgehead atoms. The number of carbonyl (C=O) groups is 2. The van der Waals surface area contributed by atoms with Crippen molar-refractivity contribution in [2.75, 3.05) is 16.8 Å². The number of hydrogen-bond acceptors (Lipinski definition) is 3. The fourth-order valence-electron chi connectivity index (χ4n) is 4.82. The van der Waals surface area contributed by atoms with Crippen LogP contribution in [-0.2, 0) is 0 Å². The van der Waals surface area contributed by atoms with Gasteiger partial charge in [0.1, 0.15) is 0 Å². The van der Waals surface area contributed by atoms with Crippen LogP contribution in [0.25, 0.3) is 16.7 Å². The van der Waals surface area contributed by atoms with Crippen LogP contribution < -0.4 is 10.2 Å². The molecule has 0 fully saturated rings. The SMILES string of the molecule is Cc1ccc(-c2ccccc2C(=O)Nc2ccc(C(=O)N3CCC(F)(F)/C(=C/C#N)c4ccccc43)cc2)cc1. The number of alkyl halides is 2. The molecule has 0 aromatic heterocycles. The average Bonchev–Trinajstić information content (AvgIpc) is 3.07. The van der Waals surface area contributed by atoms with Crippen molar-refractivity contribution in [3.63, 3.8) is 0 Å². The Labute approximate surface area is 231 Å². The molecule has 198 valence electrons. The Morgan fingerprint density at radius 3 is 2.25 bits per heavy atom. The number of nitrogens with zero attached hydrogens (tertiary/aromatic N) is 2. The summed E-state index contributed by atoms with van der Waals surface area (Å²) in [6.45, 7) is 1.78. The second kappa shape index (κ2) is 11.0. The molecule has 0 spiro atoms. The number of anilines is 2. The number of allylic oxidation sites excluding steroid dienone is 2. The number of para-hydroxylation sites is 1. The molecule has 4 aromatic carbocycles. The molecular formula is C33H25F2N3O2. The molecule has 1 heterocycles. The predicted octanol–water partition coefficient (Wildman–Crippen LogP) is 7.51. The third kappa shape index (κ3) is 5.25. The second-order valence-corrected chi connectivity index (χ2v) is 9.56. The van der Waals surface area contributed by atoms with Gasteiger partial charge in [-0.2, -0.15) is 5.26 Å². The molecule has 2 amide bonds. The molecule has 7 heteroatoms. The topological polar surface area (TPSA) is 73.2 Å². The maximum Gasteiger partial charge on any atom is 0.276 e. The lowest BCUT2D eigenvalue weighted by atomic mass is 9.97. The van der Waals surface area contributed by atoms with Crippen LogP contribution in [-0.4, -0.2) is 24.3 Å². The Bertz CT molecular complexity index is 1650. The molecule has 0 unspecified atom stereocenters. The van der Waals surface area contributed by atoms with E-state index in [2.05, 4.69) is 5.32 Å². The highest BCUT2D eigenvalue weighted by molar-refractivity contribution is 6.10. The minimum Gasteiger partial charge on any atom is -0.322 e. The van der Waals surface area contributed by atoms with Crippen molar-refractivity contribution in [3.8, 4) is 17.2 Å². The van der Waals surface area contributed by atoms with E-state index in [4.69, 9.17) is 5.26 Å². The molecule has 0 aliphatic carbocycles. The first-order valence-electron chi connectivity index (χ1n) is 12.8. The summed E-state index contributed by atoms with van der Waals surface area (Å²) in [4.78, 5) is 28.0. The van der Waals surface area contributed by atoms with Crippen LogP contribution in [0.1, 0.15) is 38.3 Å². The van der Waals surface area contributed by atoms with Gasteiger partial charge >= 0.3 is 0 Å². The molecule has 0 saturated carbocycles. The maximum atomic E-state index is 14.9. The number of benzene rings is 4. The van der Waals surface area contributed by atoms with Gasteiger partial charge in [0.15, 0.2) is 0 Å². The van der Waals surface area contributed by atoms with Gasteiger partial charge in [-0.15, -0.1) is 0 Å². The van der Waals surface area contributed by atoms with Crippen molar-refractivity contribution in [2.24, 2.45) is 0 Å². The lowest BCUT2D eigenvalue weighted by molar-refractivity contribution is 0.0602. The molecule has 40 heavy (non-hydrogen) atoms. The molecule has 1 aliphatic rings. The Morgan fingerprint density at radius 1 is 0.900 bits per heavy atom. The number of halogens is 2. The Kier molecular flexibility index (Phi) is 7.26. The third-order valence-electron chi connectivity index (χ3n) is 6.91. The number of rotatable bonds is 4. The molecule has 1 aliphatic heterocycles. The summed E-state index contributed by atoms with van der Waals surface area (Å²) >= 11 is 0. The highest BCUT2D eigenvalue weighted by Gasteiger charge is 2.41. The van der Waals surface area contributed by atoms with Gasteiger partial charge in [0, 0.05) is 47.0 Å². The standard InChI is InChI=1S/C33H25F2N3O2/c1-22-10-12-23(13-11-22)26-6-2-3-7-27(26)31(39)37-25-16-14-24(15-17-25)32(40)38-21-19-33(34,35)29(18-20-36)28-8-4-5-9-30(28)38/h2-18H,19,21H2,1H3,(H,37,39)/b29-18+. The maximum absolute atomic E-state index is 14.9. The number of hydrogen-bond donors (Lipinski definition) is 1. The number of nitriles is 1. The number of carbonyl (C=O) groups excluding carboxylic acids is 2. The van der Waals surface area contributed by atoms with E-state index in [0.717, 1.165) is 22.8 Å². The number of amides is 2. The lowest BCUT2D eigenvalue weighted by Crippen LogP contribution is -2.33. The van der Waals surface area contributed by atoms with Crippen molar-refractivity contribution < 1.29 is 18.4 Å². The van der Waals surface area contributed by atoms with E-state index in [9.17, 15) is 18.4 Å².